The van der Waals surface area contributed by atoms with Gasteiger partial charge in [-0.2, -0.15) is 0 Å². The van der Waals surface area contributed by atoms with Crippen molar-refractivity contribution in [2.45, 2.75) is 24.7 Å². The molecule has 0 aromatic heterocycles. The van der Waals surface area contributed by atoms with Gasteiger partial charge in [-0.1, -0.05) is 133 Å². The van der Waals surface area contributed by atoms with Crippen LogP contribution in [-0.2, 0) is 31.9 Å². The fourth-order valence-electron chi connectivity index (χ4n) is 8.28. The van der Waals surface area contributed by atoms with Crippen LogP contribution in [-0.4, -0.2) is 25.2 Å². The first-order valence-corrected chi connectivity index (χ1v) is 15.3. The zero-order chi connectivity index (χ0) is 29.7. The van der Waals surface area contributed by atoms with E-state index in [0.717, 1.165) is 33.4 Å². The molecule has 9 rings (SSSR count). The SMILES string of the molecule is O=C1OC[C@]23C=C[C@@]4(COC(=O)C(Cc5ccccc5)=C4[C@@H]2c2ccccc2)[C@@H](c2ccccc2)C3=C1Cc1ccccc1. The average Bonchev–Trinajstić information content (AvgIpc) is 3.08. The van der Waals surface area contributed by atoms with E-state index in [1.54, 1.807) is 0 Å². The Morgan fingerprint density at radius 1 is 0.500 bits per heavy atom. The van der Waals surface area contributed by atoms with Gasteiger partial charge in [0.25, 0.3) is 0 Å². The Morgan fingerprint density at radius 2 is 0.841 bits per heavy atom. The zero-order valence-corrected chi connectivity index (χ0v) is 24.3. The number of benzene rings is 4. The molecule has 3 aliphatic carbocycles. The average molecular weight is 577 g/mol. The zero-order valence-electron chi connectivity index (χ0n) is 24.3. The quantitative estimate of drug-likeness (QED) is 0.179. The molecule has 4 aromatic carbocycles. The number of ether oxygens (including phenoxy) is 2. The van der Waals surface area contributed by atoms with E-state index in [0.29, 0.717) is 24.0 Å². The third-order valence-corrected chi connectivity index (χ3v) is 10.0. The molecule has 0 N–H and O–H groups in total. The molecule has 216 valence electrons. The van der Waals surface area contributed by atoms with Gasteiger partial charge in [0.1, 0.15) is 13.2 Å². The highest BCUT2D eigenvalue weighted by Gasteiger charge is 2.67. The maximum Gasteiger partial charge on any atom is 0.334 e. The highest BCUT2D eigenvalue weighted by atomic mass is 16.5. The molecule has 0 radical (unpaired) electrons. The van der Waals surface area contributed by atoms with Crippen LogP contribution in [0.25, 0.3) is 0 Å². The van der Waals surface area contributed by atoms with Crippen LogP contribution in [0.5, 0.6) is 0 Å². The van der Waals surface area contributed by atoms with Crippen LogP contribution in [0.1, 0.15) is 34.1 Å². The van der Waals surface area contributed by atoms with Gasteiger partial charge < -0.3 is 9.47 Å². The topological polar surface area (TPSA) is 52.6 Å². The maximum absolute atomic E-state index is 13.9. The van der Waals surface area contributed by atoms with Crippen molar-refractivity contribution in [3.63, 3.8) is 0 Å². The van der Waals surface area contributed by atoms with Gasteiger partial charge in [-0.25, -0.2) is 9.59 Å². The lowest BCUT2D eigenvalue weighted by Gasteiger charge is -2.63. The number of hydrogen-bond donors (Lipinski definition) is 0. The highest BCUT2D eigenvalue weighted by molar-refractivity contribution is 5.95. The van der Waals surface area contributed by atoms with Crippen LogP contribution >= 0.6 is 0 Å². The molecule has 4 nitrogen and oxygen atoms in total. The summed E-state index contributed by atoms with van der Waals surface area (Å²) in [6.07, 6.45) is 5.50. The molecule has 2 spiro atoms. The van der Waals surface area contributed by atoms with E-state index in [1.807, 2.05) is 48.5 Å². The first-order chi connectivity index (χ1) is 21.6. The summed E-state index contributed by atoms with van der Waals surface area (Å²) in [5.74, 6) is -0.923. The first kappa shape index (κ1) is 26.7. The van der Waals surface area contributed by atoms with Crippen molar-refractivity contribution in [3.8, 4) is 0 Å². The van der Waals surface area contributed by atoms with Crippen LogP contribution < -0.4 is 0 Å². The Hall–Kier alpha value is -4.96. The Bertz CT molecular complexity index is 1700. The monoisotopic (exact) mass is 576 g/mol. The van der Waals surface area contributed by atoms with Gasteiger partial charge in [-0.15, -0.1) is 0 Å². The molecule has 4 atom stereocenters. The summed E-state index contributed by atoms with van der Waals surface area (Å²) in [4.78, 5) is 27.7. The minimum absolute atomic E-state index is 0.200. The van der Waals surface area contributed by atoms with Crippen LogP contribution in [0.15, 0.2) is 156 Å². The largest absolute Gasteiger partial charge is 0.461 e. The van der Waals surface area contributed by atoms with E-state index in [1.165, 1.54) is 0 Å². The van der Waals surface area contributed by atoms with Gasteiger partial charge in [0, 0.05) is 35.8 Å². The Kier molecular flexibility index (Phi) is 6.26. The van der Waals surface area contributed by atoms with Gasteiger partial charge in [-0.3, -0.25) is 0 Å². The highest BCUT2D eigenvalue weighted by Crippen LogP contribution is 2.72. The van der Waals surface area contributed by atoms with E-state index in [4.69, 9.17) is 9.47 Å². The second-order valence-electron chi connectivity index (χ2n) is 12.4. The second kappa shape index (κ2) is 10.3. The molecule has 5 aliphatic rings. The van der Waals surface area contributed by atoms with Crippen molar-refractivity contribution >= 4 is 11.9 Å². The number of carbonyl (C=O) groups is 2. The van der Waals surface area contributed by atoms with Gasteiger partial charge >= 0.3 is 11.9 Å². The lowest BCUT2D eigenvalue weighted by atomic mass is 9.41. The molecule has 2 aliphatic heterocycles. The molecular formula is C40H32O4. The van der Waals surface area contributed by atoms with E-state index in [-0.39, 0.29) is 37.0 Å². The van der Waals surface area contributed by atoms with Crippen molar-refractivity contribution < 1.29 is 19.1 Å². The van der Waals surface area contributed by atoms with E-state index in [2.05, 4.69) is 84.9 Å². The number of esters is 2. The molecule has 4 heteroatoms. The molecule has 1 saturated carbocycles. The maximum atomic E-state index is 13.9. The molecule has 2 heterocycles. The molecule has 1 fully saturated rings. The summed E-state index contributed by atoms with van der Waals surface area (Å²) in [5.41, 5.74) is 6.64. The van der Waals surface area contributed by atoms with Crippen molar-refractivity contribution in [1.82, 2.24) is 0 Å². The summed E-state index contributed by atoms with van der Waals surface area (Å²) < 4.78 is 12.3. The lowest BCUT2D eigenvalue weighted by Crippen LogP contribution is -2.59. The molecule has 0 amide bonds. The minimum Gasteiger partial charge on any atom is -0.461 e. The normalized spacial score (nSPS) is 27.0. The first-order valence-electron chi connectivity index (χ1n) is 15.3. The van der Waals surface area contributed by atoms with Crippen molar-refractivity contribution in [1.29, 1.82) is 0 Å². The Labute approximate surface area is 257 Å². The van der Waals surface area contributed by atoms with Crippen molar-refractivity contribution in [2.75, 3.05) is 13.2 Å². The van der Waals surface area contributed by atoms with Crippen LogP contribution in [0.2, 0.25) is 0 Å². The molecule has 2 bridgehead atoms. The van der Waals surface area contributed by atoms with E-state index >= 15 is 0 Å². The van der Waals surface area contributed by atoms with Gasteiger partial charge in [-0.05, 0) is 33.4 Å². The summed E-state index contributed by atoms with van der Waals surface area (Å²) in [6, 6.07) is 41.1. The molecule has 4 aromatic rings. The van der Waals surface area contributed by atoms with Crippen LogP contribution in [0.3, 0.4) is 0 Å². The van der Waals surface area contributed by atoms with E-state index in [9.17, 15) is 9.59 Å². The van der Waals surface area contributed by atoms with Gasteiger partial charge in [0.15, 0.2) is 0 Å². The molecule has 0 saturated heterocycles. The smallest absolute Gasteiger partial charge is 0.334 e. The Balaban J connectivity index is 1.47. The second-order valence-corrected chi connectivity index (χ2v) is 12.4. The summed E-state index contributed by atoms with van der Waals surface area (Å²) >= 11 is 0. The minimum atomic E-state index is -0.656. The van der Waals surface area contributed by atoms with Gasteiger partial charge in [0.2, 0.25) is 0 Å². The summed E-state index contributed by atoms with van der Waals surface area (Å²) in [5, 5.41) is 0. The molecular weight excluding hydrogens is 544 g/mol. The fraction of sp³-hybridized carbons (Fsp3) is 0.200. The van der Waals surface area contributed by atoms with E-state index < -0.39 is 10.8 Å². The Morgan fingerprint density at radius 3 is 1.20 bits per heavy atom. The third kappa shape index (κ3) is 3.97. The van der Waals surface area contributed by atoms with Gasteiger partial charge in [0.05, 0.1) is 10.8 Å². The summed E-state index contributed by atoms with van der Waals surface area (Å²) in [7, 11) is 0. The number of rotatable bonds is 6. The van der Waals surface area contributed by atoms with Crippen molar-refractivity contribution in [3.05, 3.63) is 178 Å². The summed E-state index contributed by atoms with van der Waals surface area (Å²) in [6.45, 7) is 0.429. The predicted molar refractivity (Wildman–Crippen MR) is 169 cm³/mol. The number of cyclic esters (lactones) is 2. The number of carbonyl (C=O) groups excluding carboxylic acids is 2. The predicted octanol–water partition coefficient (Wildman–Crippen LogP) is 7.30. The lowest BCUT2D eigenvalue weighted by molar-refractivity contribution is -0.149. The number of hydrogen-bond acceptors (Lipinski definition) is 4. The molecule has 44 heavy (non-hydrogen) atoms. The standard InChI is InChI=1S/C40H32O4/c41-37-31(23-27-13-5-1-6-14-27)35-33(29-17-9-3-10-18-29)40-22-21-39(35,25-43-37)34(30-19-11-4-12-20-30)36(40)32(38(42)44-26-40)24-28-15-7-2-8-16-28/h1-22,33-34H,23-26H2/t33-,34-,39+,40+/m0/s1. The van der Waals surface area contributed by atoms with Crippen LogP contribution in [0.4, 0.5) is 0 Å². The third-order valence-electron chi connectivity index (χ3n) is 10.0. The fourth-order valence-corrected chi connectivity index (χ4v) is 8.28. The molecule has 0 unspecified atom stereocenters. The van der Waals surface area contributed by atoms with Crippen LogP contribution in [0, 0.1) is 10.8 Å². The van der Waals surface area contributed by atoms with Crippen molar-refractivity contribution in [2.24, 2.45) is 10.8 Å².